The van der Waals surface area contributed by atoms with Crippen LogP contribution in [-0.4, -0.2) is 19.7 Å². The minimum atomic E-state index is -3.14. The summed E-state index contributed by atoms with van der Waals surface area (Å²) in [5, 5.41) is 0. The van der Waals surface area contributed by atoms with E-state index in [9.17, 15) is 8.42 Å². The van der Waals surface area contributed by atoms with E-state index in [1.165, 1.54) is 19.3 Å². The molecule has 1 N–H and O–H groups in total. The first-order valence-electron chi connectivity index (χ1n) is 5.80. The van der Waals surface area contributed by atoms with E-state index in [0.29, 0.717) is 6.54 Å². The summed E-state index contributed by atoms with van der Waals surface area (Å²) < 4.78 is 25.2. The number of rotatable bonds is 7. The van der Waals surface area contributed by atoms with Crippen LogP contribution in [0.25, 0.3) is 0 Å². The molecule has 0 atom stereocenters. The first-order valence-corrected chi connectivity index (χ1v) is 7.29. The van der Waals surface area contributed by atoms with Gasteiger partial charge in [0.2, 0.25) is 10.0 Å². The van der Waals surface area contributed by atoms with E-state index in [2.05, 4.69) is 11.6 Å². The molecular formula is C11H25NO2S. The second kappa shape index (κ2) is 6.48. The topological polar surface area (TPSA) is 46.2 Å². The van der Waals surface area contributed by atoms with Crippen molar-refractivity contribution in [2.45, 2.75) is 64.5 Å². The number of hydrogen-bond donors (Lipinski definition) is 1. The lowest BCUT2D eigenvalue weighted by molar-refractivity contribution is 0.538. The Labute approximate surface area is 94.7 Å². The summed E-state index contributed by atoms with van der Waals surface area (Å²) in [7, 11) is -3.14. The lowest BCUT2D eigenvalue weighted by Crippen LogP contribution is -2.39. The van der Waals surface area contributed by atoms with E-state index in [4.69, 9.17) is 0 Å². The summed E-state index contributed by atoms with van der Waals surface area (Å²) in [5.74, 6) is 0. The number of unbranched alkanes of at least 4 members (excludes halogenated alkanes) is 4. The normalized spacial score (nSPS) is 13.1. The van der Waals surface area contributed by atoms with Crippen LogP contribution < -0.4 is 4.72 Å². The molecule has 0 saturated heterocycles. The summed E-state index contributed by atoms with van der Waals surface area (Å²) in [5.41, 5.74) is 0. The predicted molar refractivity (Wildman–Crippen MR) is 65.4 cm³/mol. The van der Waals surface area contributed by atoms with Gasteiger partial charge < -0.3 is 0 Å². The highest BCUT2D eigenvalue weighted by atomic mass is 32.2. The molecule has 0 aliphatic heterocycles. The third-order valence-corrected chi connectivity index (χ3v) is 4.58. The van der Waals surface area contributed by atoms with Gasteiger partial charge in [0, 0.05) is 6.54 Å². The largest absolute Gasteiger partial charge is 0.216 e. The molecule has 3 nitrogen and oxygen atoms in total. The third kappa shape index (κ3) is 6.15. The minimum absolute atomic E-state index is 0.573. The molecule has 0 aliphatic rings. The van der Waals surface area contributed by atoms with E-state index < -0.39 is 14.8 Å². The van der Waals surface area contributed by atoms with E-state index in [1.54, 1.807) is 20.8 Å². The fraction of sp³-hybridized carbons (Fsp3) is 1.00. The fourth-order valence-electron chi connectivity index (χ4n) is 1.15. The van der Waals surface area contributed by atoms with E-state index in [-0.39, 0.29) is 0 Å². The van der Waals surface area contributed by atoms with Crippen LogP contribution in [-0.2, 0) is 10.0 Å². The molecule has 0 rings (SSSR count). The Morgan fingerprint density at radius 3 is 2.00 bits per heavy atom. The number of hydrogen-bond acceptors (Lipinski definition) is 2. The zero-order valence-corrected chi connectivity index (χ0v) is 11.3. The molecule has 0 aromatic carbocycles. The van der Waals surface area contributed by atoms with Gasteiger partial charge in [0.05, 0.1) is 4.75 Å². The fourth-order valence-corrected chi connectivity index (χ4v) is 2.00. The zero-order chi connectivity index (χ0) is 11.9. The van der Waals surface area contributed by atoms with Gasteiger partial charge in [-0.15, -0.1) is 0 Å². The highest BCUT2D eigenvalue weighted by Gasteiger charge is 2.27. The van der Waals surface area contributed by atoms with Crippen LogP contribution in [0.15, 0.2) is 0 Å². The van der Waals surface area contributed by atoms with Gasteiger partial charge in [-0.1, -0.05) is 32.6 Å². The molecule has 0 aliphatic carbocycles. The van der Waals surface area contributed by atoms with Gasteiger partial charge in [-0.3, -0.25) is 0 Å². The summed E-state index contributed by atoms with van der Waals surface area (Å²) in [6.45, 7) is 7.89. The Morgan fingerprint density at radius 1 is 1.00 bits per heavy atom. The Balaban J connectivity index is 3.69. The van der Waals surface area contributed by atoms with Crippen molar-refractivity contribution in [3.05, 3.63) is 0 Å². The van der Waals surface area contributed by atoms with Gasteiger partial charge >= 0.3 is 0 Å². The maximum atomic E-state index is 11.6. The molecule has 92 valence electrons. The molecule has 0 spiro atoms. The van der Waals surface area contributed by atoms with E-state index in [1.807, 2.05) is 0 Å². The lowest BCUT2D eigenvalue weighted by Gasteiger charge is -2.19. The molecule has 0 aromatic heterocycles. The van der Waals surface area contributed by atoms with Crippen molar-refractivity contribution < 1.29 is 8.42 Å². The van der Waals surface area contributed by atoms with Crippen LogP contribution >= 0.6 is 0 Å². The van der Waals surface area contributed by atoms with Crippen molar-refractivity contribution >= 4 is 10.0 Å². The van der Waals surface area contributed by atoms with Crippen LogP contribution in [0.1, 0.15) is 59.8 Å². The van der Waals surface area contributed by atoms with Crippen molar-refractivity contribution in [3.63, 3.8) is 0 Å². The smallest absolute Gasteiger partial charge is 0.215 e. The van der Waals surface area contributed by atoms with Crippen molar-refractivity contribution in [1.29, 1.82) is 0 Å². The highest BCUT2D eigenvalue weighted by Crippen LogP contribution is 2.13. The SMILES string of the molecule is CCCCCCCNS(=O)(=O)C(C)(C)C. The molecular weight excluding hydrogens is 210 g/mol. The van der Waals surface area contributed by atoms with Crippen LogP contribution in [0.5, 0.6) is 0 Å². The Morgan fingerprint density at radius 2 is 1.53 bits per heavy atom. The Kier molecular flexibility index (Phi) is 6.44. The molecule has 0 unspecified atom stereocenters. The second-order valence-electron chi connectivity index (χ2n) is 4.92. The van der Waals surface area contributed by atoms with Crippen molar-refractivity contribution in [1.82, 2.24) is 4.72 Å². The first kappa shape index (κ1) is 14.9. The van der Waals surface area contributed by atoms with Crippen molar-refractivity contribution in [2.24, 2.45) is 0 Å². The van der Waals surface area contributed by atoms with E-state index >= 15 is 0 Å². The van der Waals surface area contributed by atoms with Crippen molar-refractivity contribution in [3.8, 4) is 0 Å². The predicted octanol–water partition coefficient (Wildman–Crippen LogP) is 2.67. The number of sulfonamides is 1. The van der Waals surface area contributed by atoms with E-state index in [0.717, 1.165) is 12.8 Å². The molecule has 0 radical (unpaired) electrons. The first-order chi connectivity index (χ1) is 6.81. The number of nitrogens with one attached hydrogen (secondary N) is 1. The van der Waals surface area contributed by atoms with Gasteiger partial charge in [0.25, 0.3) is 0 Å². The molecule has 0 aromatic rings. The standard InChI is InChI=1S/C11H25NO2S/c1-5-6-7-8-9-10-12-15(13,14)11(2,3)4/h12H,5-10H2,1-4H3. The quantitative estimate of drug-likeness (QED) is 0.690. The van der Waals surface area contributed by atoms with Crippen LogP contribution in [0.4, 0.5) is 0 Å². The van der Waals surface area contributed by atoms with Gasteiger partial charge in [-0.25, -0.2) is 13.1 Å². The molecule has 15 heavy (non-hydrogen) atoms. The van der Waals surface area contributed by atoms with Crippen molar-refractivity contribution in [2.75, 3.05) is 6.54 Å². The molecule has 0 fully saturated rings. The van der Waals surface area contributed by atoms with Gasteiger partial charge in [0.15, 0.2) is 0 Å². The monoisotopic (exact) mass is 235 g/mol. The van der Waals surface area contributed by atoms with Crippen LogP contribution in [0.2, 0.25) is 0 Å². The summed E-state index contributed by atoms with van der Waals surface area (Å²) in [6.07, 6.45) is 5.71. The zero-order valence-electron chi connectivity index (χ0n) is 10.5. The lowest BCUT2D eigenvalue weighted by atomic mass is 10.2. The van der Waals surface area contributed by atoms with Crippen LogP contribution in [0.3, 0.4) is 0 Å². The van der Waals surface area contributed by atoms with Gasteiger partial charge in [-0.05, 0) is 27.2 Å². The maximum Gasteiger partial charge on any atom is 0.216 e. The van der Waals surface area contributed by atoms with Gasteiger partial charge in [-0.2, -0.15) is 0 Å². The average Bonchev–Trinajstić information content (AvgIpc) is 2.09. The Hall–Kier alpha value is -0.0900. The van der Waals surface area contributed by atoms with Crippen LogP contribution in [0, 0.1) is 0 Å². The summed E-state index contributed by atoms with van der Waals surface area (Å²) in [4.78, 5) is 0. The molecule has 4 heteroatoms. The molecule has 0 amide bonds. The summed E-state index contributed by atoms with van der Waals surface area (Å²) in [6, 6.07) is 0. The average molecular weight is 235 g/mol. The highest BCUT2D eigenvalue weighted by molar-refractivity contribution is 7.90. The third-order valence-electron chi connectivity index (χ3n) is 2.38. The summed E-state index contributed by atoms with van der Waals surface area (Å²) >= 11 is 0. The minimum Gasteiger partial charge on any atom is -0.215 e. The second-order valence-corrected chi connectivity index (χ2v) is 7.44. The maximum absolute atomic E-state index is 11.6. The molecule has 0 saturated carbocycles. The molecule has 0 heterocycles. The molecule has 0 bridgehead atoms. The van der Waals surface area contributed by atoms with Gasteiger partial charge in [0.1, 0.15) is 0 Å². The Bertz CT molecular complexity index is 252.